The fourth-order valence-electron chi connectivity index (χ4n) is 3.46. The van der Waals surface area contributed by atoms with Crippen molar-refractivity contribution in [2.45, 2.75) is 26.3 Å². The number of amides is 1. The summed E-state index contributed by atoms with van der Waals surface area (Å²) in [5, 5.41) is 5.98. The van der Waals surface area contributed by atoms with Crippen molar-refractivity contribution in [1.82, 2.24) is 19.9 Å². The van der Waals surface area contributed by atoms with Gasteiger partial charge in [-0.1, -0.05) is 41.1 Å². The number of aromatic nitrogens is 2. The predicted molar refractivity (Wildman–Crippen MR) is 109 cm³/mol. The first-order chi connectivity index (χ1) is 13.7. The lowest BCUT2D eigenvalue weighted by atomic mass is 10.1. The molecular weight excluding hydrogens is 372 g/mol. The number of hydrogen-bond donors (Lipinski definition) is 0. The molecule has 1 fully saturated rings. The van der Waals surface area contributed by atoms with Crippen LogP contribution in [0.3, 0.4) is 0 Å². The number of carbonyl (C=O) groups is 1. The van der Waals surface area contributed by atoms with Crippen LogP contribution in [0.5, 0.6) is 0 Å². The highest BCUT2D eigenvalue weighted by molar-refractivity contribution is 7.13. The second-order valence-corrected chi connectivity index (χ2v) is 8.08. The molecule has 3 aromatic rings. The van der Waals surface area contributed by atoms with Crippen LogP contribution in [0.4, 0.5) is 0 Å². The Morgan fingerprint density at radius 3 is 2.79 bits per heavy atom. The molecule has 1 aliphatic heterocycles. The lowest BCUT2D eigenvalue weighted by Gasteiger charge is -2.34. The molecule has 1 aliphatic rings. The second kappa shape index (κ2) is 8.67. The zero-order valence-corrected chi connectivity index (χ0v) is 16.8. The summed E-state index contributed by atoms with van der Waals surface area (Å²) in [5.41, 5.74) is 2.62. The summed E-state index contributed by atoms with van der Waals surface area (Å²) in [7, 11) is 0. The number of carbonyl (C=O) groups excluding carboxylic acids is 1. The minimum atomic E-state index is 0.158. The van der Waals surface area contributed by atoms with Crippen molar-refractivity contribution in [1.29, 1.82) is 0 Å². The number of aryl methyl sites for hydroxylation is 2. The van der Waals surface area contributed by atoms with E-state index in [0.717, 1.165) is 37.6 Å². The topological polar surface area (TPSA) is 62.5 Å². The van der Waals surface area contributed by atoms with Crippen molar-refractivity contribution < 1.29 is 9.32 Å². The molecule has 1 aromatic carbocycles. The van der Waals surface area contributed by atoms with Gasteiger partial charge < -0.3 is 9.42 Å². The zero-order valence-electron chi connectivity index (χ0n) is 16.0. The first-order valence-electron chi connectivity index (χ1n) is 9.59. The zero-order chi connectivity index (χ0) is 19.3. The van der Waals surface area contributed by atoms with E-state index in [-0.39, 0.29) is 5.91 Å². The SMILES string of the molecule is Cc1cccc(CN2CCN(C(=O)CCc3nc(-c4cccs4)no3)CC2)c1. The summed E-state index contributed by atoms with van der Waals surface area (Å²) in [4.78, 5) is 22.3. The smallest absolute Gasteiger partial charge is 0.227 e. The highest BCUT2D eigenvalue weighted by Gasteiger charge is 2.21. The first kappa shape index (κ1) is 18.8. The van der Waals surface area contributed by atoms with Gasteiger partial charge >= 0.3 is 0 Å². The van der Waals surface area contributed by atoms with Gasteiger partial charge in [0.1, 0.15) is 0 Å². The van der Waals surface area contributed by atoms with Crippen molar-refractivity contribution in [2.75, 3.05) is 26.2 Å². The van der Waals surface area contributed by atoms with Gasteiger partial charge in [-0.05, 0) is 23.9 Å². The van der Waals surface area contributed by atoms with Gasteiger partial charge in [0.2, 0.25) is 17.6 Å². The van der Waals surface area contributed by atoms with Crippen molar-refractivity contribution in [3.05, 3.63) is 58.8 Å². The molecule has 0 spiro atoms. The number of hydrogen-bond acceptors (Lipinski definition) is 6. The Balaban J connectivity index is 1.23. The molecule has 1 amide bonds. The van der Waals surface area contributed by atoms with E-state index in [9.17, 15) is 4.79 Å². The fourth-order valence-corrected chi connectivity index (χ4v) is 4.11. The molecule has 4 rings (SSSR count). The number of rotatable bonds is 6. The lowest BCUT2D eigenvalue weighted by molar-refractivity contribution is -0.133. The Bertz CT molecular complexity index is 914. The summed E-state index contributed by atoms with van der Waals surface area (Å²) in [5.74, 6) is 1.28. The monoisotopic (exact) mass is 396 g/mol. The van der Waals surface area contributed by atoms with E-state index < -0.39 is 0 Å². The molecule has 0 N–H and O–H groups in total. The molecule has 0 bridgehead atoms. The van der Waals surface area contributed by atoms with E-state index in [0.29, 0.717) is 24.6 Å². The average Bonchev–Trinajstić information content (AvgIpc) is 3.38. The van der Waals surface area contributed by atoms with Gasteiger partial charge in [-0.3, -0.25) is 9.69 Å². The molecule has 0 radical (unpaired) electrons. The molecular formula is C21H24N4O2S. The van der Waals surface area contributed by atoms with Crippen LogP contribution in [0.25, 0.3) is 10.7 Å². The highest BCUT2D eigenvalue weighted by atomic mass is 32.1. The average molecular weight is 397 g/mol. The standard InChI is InChI=1S/C21H24N4O2S/c1-16-4-2-5-17(14-16)15-24-9-11-25(12-10-24)20(26)8-7-19-22-21(23-27-19)18-6-3-13-28-18/h2-6,13-14H,7-12,15H2,1H3. The fraction of sp³-hybridized carbons (Fsp3) is 0.381. The van der Waals surface area contributed by atoms with Gasteiger partial charge in [0.25, 0.3) is 0 Å². The van der Waals surface area contributed by atoms with E-state index in [1.165, 1.54) is 11.1 Å². The maximum atomic E-state index is 12.5. The molecule has 0 unspecified atom stereocenters. The molecule has 6 nitrogen and oxygen atoms in total. The number of nitrogens with zero attached hydrogens (tertiary/aromatic N) is 4. The van der Waals surface area contributed by atoms with Crippen molar-refractivity contribution in [2.24, 2.45) is 0 Å². The van der Waals surface area contributed by atoms with Crippen LogP contribution in [-0.2, 0) is 17.8 Å². The second-order valence-electron chi connectivity index (χ2n) is 7.14. The van der Waals surface area contributed by atoms with Crippen molar-refractivity contribution >= 4 is 17.2 Å². The van der Waals surface area contributed by atoms with Crippen LogP contribution in [0, 0.1) is 6.92 Å². The largest absolute Gasteiger partial charge is 0.340 e. The van der Waals surface area contributed by atoms with Crippen LogP contribution in [0.2, 0.25) is 0 Å². The number of thiophene rings is 1. The Morgan fingerprint density at radius 2 is 2.04 bits per heavy atom. The summed E-state index contributed by atoms with van der Waals surface area (Å²) in [6, 6.07) is 12.5. The van der Waals surface area contributed by atoms with Gasteiger partial charge in [-0.25, -0.2) is 0 Å². The van der Waals surface area contributed by atoms with Crippen molar-refractivity contribution in [3.63, 3.8) is 0 Å². The van der Waals surface area contributed by atoms with E-state index in [1.807, 2.05) is 22.4 Å². The Labute approximate surface area is 168 Å². The molecule has 0 atom stereocenters. The maximum Gasteiger partial charge on any atom is 0.227 e. The van der Waals surface area contributed by atoms with E-state index in [4.69, 9.17) is 4.52 Å². The Morgan fingerprint density at radius 1 is 1.18 bits per heavy atom. The number of piperazine rings is 1. The molecule has 3 heterocycles. The third-order valence-electron chi connectivity index (χ3n) is 4.98. The van der Waals surface area contributed by atoms with Crippen LogP contribution in [0.15, 0.2) is 46.3 Å². The highest BCUT2D eigenvalue weighted by Crippen LogP contribution is 2.21. The summed E-state index contributed by atoms with van der Waals surface area (Å²) < 4.78 is 5.29. The summed E-state index contributed by atoms with van der Waals surface area (Å²) in [6.45, 7) is 6.42. The van der Waals surface area contributed by atoms with E-state index >= 15 is 0 Å². The minimum Gasteiger partial charge on any atom is -0.340 e. The Hall–Kier alpha value is -2.51. The minimum absolute atomic E-state index is 0.158. The van der Waals surface area contributed by atoms with Gasteiger partial charge in [0, 0.05) is 45.6 Å². The van der Waals surface area contributed by atoms with Crippen LogP contribution in [0.1, 0.15) is 23.4 Å². The van der Waals surface area contributed by atoms with Gasteiger partial charge in [0.05, 0.1) is 4.88 Å². The lowest BCUT2D eigenvalue weighted by Crippen LogP contribution is -2.48. The quantitative estimate of drug-likeness (QED) is 0.639. The summed E-state index contributed by atoms with van der Waals surface area (Å²) >= 11 is 1.57. The predicted octanol–water partition coefficient (Wildman–Crippen LogP) is 3.38. The van der Waals surface area contributed by atoms with Crippen LogP contribution in [-0.4, -0.2) is 52.0 Å². The van der Waals surface area contributed by atoms with Gasteiger partial charge in [0.15, 0.2) is 0 Å². The van der Waals surface area contributed by atoms with Gasteiger partial charge in [-0.15, -0.1) is 11.3 Å². The third kappa shape index (κ3) is 4.66. The van der Waals surface area contributed by atoms with Crippen molar-refractivity contribution in [3.8, 4) is 10.7 Å². The van der Waals surface area contributed by atoms with Crippen LogP contribution >= 0.6 is 11.3 Å². The third-order valence-corrected chi connectivity index (χ3v) is 5.84. The Kier molecular flexibility index (Phi) is 5.83. The summed E-state index contributed by atoms with van der Waals surface area (Å²) in [6.07, 6.45) is 0.894. The maximum absolute atomic E-state index is 12.5. The molecule has 1 saturated heterocycles. The molecule has 146 valence electrons. The molecule has 0 saturated carbocycles. The molecule has 0 aliphatic carbocycles. The molecule has 28 heavy (non-hydrogen) atoms. The van der Waals surface area contributed by atoms with Crippen LogP contribution < -0.4 is 0 Å². The van der Waals surface area contributed by atoms with E-state index in [2.05, 4.69) is 46.2 Å². The van der Waals surface area contributed by atoms with Gasteiger partial charge in [-0.2, -0.15) is 4.98 Å². The first-order valence-corrected chi connectivity index (χ1v) is 10.5. The molecule has 7 heteroatoms. The normalized spacial score (nSPS) is 15.1. The molecule has 2 aromatic heterocycles. The number of benzene rings is 1. The van der Waals surface area contributed by atoms with E-state index in [1.54, 1.807) is 11.3 Å².